The average molecular weight is 182 g/mol. The first-order chi connectivity index (χ1) is 6.86. The molecule has 1 heterocycles. The van der Waals surface area contributed by atoms with E-state index in [9.17, 15) is 0 Å². The highest BCUT2D eigenvalue weighted by molar-refractivity contribution is 5.75. The van der Waals surface area contributed by atoms with Gasteiger partial charge in [0, 0.05) is 5.56 Å². The Hall–Kier alpha value is -1.76. The maximum Gasteiger partial charge on any atom is 0.173 e. The minimum atomic E-state index is 1.03. The zero-order valence-corrected chi connectivity index (χ0v) is 7.95. The molecule has 0 saturated heterocycles. The summed E-state index contributed by atoms with van der Waals surface area (Å²) in [5, 5.41) is 0. The summed E-state index contributed by atoms with van der Waals surface area (Å²) in [7, 11) is 0. The molecule has 0 unspecified atom stereocenters. The fourth-order valence-corrected chi connectivity index (χ4v) is 1.79. The van der Waals surface area contributed by atoms with Crippen LogP contribution in [0.3, 0.4) is 0 Å². The first-order valence-corrected chi connectivity index (χ1v) is 4.73. The second-order valence-electron chi connectivity index (χ2n) is 3.53. The van der Waals surface area contributed by atoms with Gasteiger partial charge in [-0.15, -0.1) is 0 Å². The van der Waals surface area contributed by atoms with Crippen LogP contribution in [0.5, 0.6) is 11.5 Å². The summed E-state index contributed by atoms with van der Waals surface area (Å²) in [4.78, 5) is 0. The van der Waals surface area contributed by atoms with Gasteiger partial charge in [-0.1, -0.05) is 36.4 Å². The third-order valence-corrected chi connectivity index (χ3v) is 2.62. The Balaban J connectivity index is 2.19. The summed E-state index contributed by atoms with van der Waals surface area (Å²) in [5.41, 5.74) is 3.76. The second-order valence-corrected chi connectivity index (χ2v) is 3.53. The molecule has 0 fully saturated rings. The Morgan fingerprint density at radius 1 is 0.929 bits per heavy atom. The van der Waals surface area contributed by atoms with Gasteiger partial charge in [0.1, 0.15) is 0 Å². The van der Waals surface area contributed by atoms with E-state index in [0.29, 0.717) is 0 Å². The lowest BCUT2D eigenvalue weighted by atomic mass is 10.0. The van der Waals surface area contributed by atoms with Crippen LogP contribution in [0.15, 0.2) is 42.5 Å². The van der Waals surface area contributed by atoms with Crippen LogP contribution >= 0.6 is 0 Å². The Morgan fingerprint density at radius 2 is 1.71 bits per heavy atom. The standard InChI is InChI=1S/C13H10O/c1-9-11(7-8-12-13(9)14-12)10-5-3-2-4-6-10/h2-8H,1H3. The van der Waals surface area contributed by atoms with E-state index >= 15 is 0 Å². The number of ether oxygens (including phenoxy) is 1. The van der Waals surface area contributed by atoms with Gasteiger partial charge in [-0.2, -0.15) is 0 Å². The van der Waals surface area contributed by atoms with Crippen molar-refractivity contribution in [3.8, 4) is 22.6 Å². The Kier molecular flexibility index (Phi) is 1.42. The molecule has 1 heteroatoms. The van der Waals surface area contributed by atoms with Gasteiger partial charge in [-0.25, -0.2) is 0 Å². The molecule has 1 aliphatic heterocycles. The van der Waals surface area contributed by atoms with Crippen molar-refractivity contribution >= 4 is 0 Å². The van der Waals surface area contributed by atoms with Crippen molar-refractivity contribution < 1.29 is 4.74 Å². The summed E-state index contributed by atoms with van der Waals surface area (Å²) in [5.74, 6) is 2.09. The molecule has 0 bridgehead atoms. The first kappa shape index (κ1) is 7.63. The number of rotatable bonds is 1. The summed E-state index contributed by atoms with van der Waals surface area (Å²) in [6.07, 6.45) is 0. The maximum atomic E-state index is 5.33. The average Bonchev–Trinajstić information content (AvgIpc) is 3.00. The van der Waals surface area contributed by atoms with Gasteiger partial charge < -0.3 is 4.74 Å². The van der Waals surface area contributed by atoms with Gasteiger partial charge in [0.05, 0.1) is 0 Å². The van der Waals surface area contributed by atoms with Crippen LogP contribution in [0.2, 0.25) is 0 Å². The monoisotopic (exact) mass is 182 g/mol. The molecule has 68 valence electrons. The van der Waals surface area contributed by atoms with E-state index in [1.807, 2.05) is 12.1 Å². The molecule has 1 nitrogen and oxygen atoms in total. The maximum absolute atomic E-state index is 5.33. The highest BCUT2D eigenvalue weighted by Crippen LogP contribution is 2.50. The van der Waals surface area contributed by atoms with Crippen molar-refractivity contribution in [2.24, 2.45) is 0 Å². The van der Waals surface area contributed by atoms with Crippen LogP contribution in [0.4, 0.5) is 0 Å². The molecular weight excluding hydrogens is 172 g/mol. The minimum absolute atomic E-state index is 1.03. The van der Waals surface area contributed by atoms with Gasteiger partial charge in [-0.05, 0) is 24.1 Å². The summed E-state index contributed by atoms with van der Waals surface area (Å²) >= 11 is 0. The van der Waals surface area contributed by atoms with Crippen molar-refractivity contribution in [1.82, 2.24) is 0 Å². The third kappa shape index (κ3) is 1.02. The van der Waals surface area contributed by atoms with E-state index in [4.69, 9.17) is 4.74 Å². The Bertz CT molecular complexity index is 486. The number of fused-ring (bicyclic) bond motifs is 1. The zero-order valence-electron chi connectivity index (χ0n) is 7.95. The molecule has 0 aliphatic carbocycles. The van der Waals surface area contributed by atoms with Crippen LogP contribution in [0.25, 0.3) is 11.1 Å². The van der Waals surface area contributed by atoms with Crippen molar-refractivity contribution in [3.05, 3.63) is 48.0 Å². The topological polar surface area (TPSA) is 12.5 Å². The van der Waals surface area contributed by atoms with Crippen LogP contribution in [-0.4, -0.2) is 0 Å². The third-order valence-electron chi connectivity index (χ3n) is 2.62. The predicted octanol–water partition coefficient (Wildman–Crippen LogP) is 3.77. The quantitative estimate of drug-likeness (QED) is 0.522. The molecule has 0 N–H and O–H groups in total. The molecule has 0 aromatic heterocycles. The Labute approximate surface area is 83.0 Å². The predicted molar refractivity (Wildman–Crippen MR) is 56.7 cm³/mol. The van der Waals surface area contributed by atoms with Gasteiger partial charge in [-0.3, -0.25) is 0 Å². The lowest BCUT2D eigenvalue weighted by molar-refractivity contribution is 0.647. The smallest absolute Gasteiger partial charge is 0.173 e. The van der Waals surface area contributed by atoms with E-state index in [2.05, 4.69) is 37.3 Å². The highest BCUT2D eigenvalue weighted by atomic mass is 16.6. The van der Waals surface area contributed by atoms with Crippen LogP contribution in [0, 0.1) is 6.92 Å². The lowest BCUT2D eigenvalue weighted by Gasteiger charge is -2.02. The molecule has 2 aromatic rings. The van der Waals surface area contributed by atoms with Crippen LogP contribution in [-0.2, 0) is 0 Å². The van der Waals surface area contributed by atoms with E-state index in [1.165, 1.54) is 16.7 Å². The second kappa shape index (κ2) is 2.61. The molecule has 0 radical (unpaired) electrons. The van der Waals surface area contributed by atoms with E-state index < -0.39 is 0 Å². The number of hydrogen-bond donors (Lipinski definition) is 0. The molecular formula is C13H10O. The number of benzene rings is 2. The summed E-state index contributed by atoms with van der Waals surface area (Å²) in [6.45, 7) is 2.11. The van der Waals surface area contributed by atoms with Gasteiger partial charge in [0.15, 0.2) is 11.5 Å². The van der Waals surface area contributed by atoms with Gasteiger partial charge >= 0.3 is 0 Å². The molecule has 14 heavy (non-hydrogen) atoms. The molecule has 3 rings (SSSR count). The van der Waals surface area contributed by atoms with Crippen LogP contribution < -0.4 is 4.74 Å². The molecule has 0 atom stereocenters. The van der Waals surface area contributed by atoms with Crippen molar-refractivity contribution in [1.29, 1.82) is 0 Å². The zero-order chi connectivity index (χ0) is 9.54. The summed E-state index contributed by atoms with van der Waals surface area (Å²) < 4.78 is 5.33. The van der Waals surface area contributed by atoms with Crippen molar-refractivity contribution in [2.45, 2.75) is 6.92 Å². The van der Waals surface area contributed by atoms with Gasteiger partial charge in [0.25, 0.3) is 0 Å². The van der Waals surface area contributed by atoms with Crippen molar-refractivity contribution in [2.75, 3.05) is 0 Å². The van der Waals surface area contributed by atoms with Crippen LogP contribution in [0.1, 0.15) is 5.56 Å². The molecule has 0 saturated carbocycles. The largest absolute Gasteiger partial charge is 0.449 e. The van der Waals surface area contributed by atoms with Gasteiger partial charge in [0.2, 0.25) is 0 Å². The lowest BCUT2D eigenvalue weighted by Crippen LogP contribution is -1.78. The van der Waals surface area contributed by atoms with E-state index in [-0.39, 0.29) is 0 Å². The minimum Gasteiger partial charge on any atom is -0.449 e. The first-order valence-electron chi connectivity index (χ1n) is 4.73. The highest BCUT2D eigenvalue weighted by Gasteiger charge is 2.24. The fraction of sp³-hybridized carbons (Fsp3) is 0.0769. The Morgan fingerprint density at radius 3 is 2.50 bits per heavy atom. The SMILES string of the molecule is Cc1c(-c2ccccc2)ccc2c1O2. The molecule has 1 aliphatic rings. The number of hydrogen-bond acceptors (Lipinski definition) is 1. The van der Waals surface area contributed by atoms with E-state index in [1.54, 1.807) is 0 Å². The molecule has 0 spiro atoms. The van der Waals surface area contributed by atoms with Crippen molar-refractivity contribution in [3.63, 3.8) is 0 Å². The fourth-order valence-electron chi connectivity index (χ4n) is 1.79. The normalized spacial score (nSPS) is 11.8. The summed E-state index contributed by atoms with van der Waals surface area (Å²) in [6, 6.07) is 14.5. The van der Waals surface area contributed by atoms with E-state index in [0.717, 1.165) is 11.5 Å². The molecule has 0 amide bonds. The molecule has 2 aromatic carbocycles.